The fourth-order valence-corrected chi connectivity index (χ4v) is 1.48. The lowest BCUT2D eigenvalue weighted by Gasteiger charge is -1.99. The van der Waals surface area contributed by atoms with Crippen molar-refractivity contribution in [2.45, 2.75) is 13.3 Å². The number of aromatic amines is 1. The third-order valence-corrected chi connectivity index (χ3v) is 2.23. The molecule has 0 saturated heterocycles. The van der Waals surface area contributed by atoms with Crippen molar-refractivity contribution in [2.75, 3.05) is 0 Å². The van der Waals surface area contributed by atoms with E-state index in [2.05, 4.69) is 22.0 Å². The van der Waals surface area contributed by atoms with Crippen molar-refractivity contribution >= 4 is 12.2 Å². The molecule has 5 heteroatoms. The molecular weight excluding hydrogens is 196 g/mol. The number of aromatic nitrogens is 4. The van der Waals surface area contributed by atoms with Crippen LogP contribution in [0.5, 0.6) is 0 Å². The van der Waals surface area contributed by atoms with Gasteiger partial charge in [0.2, 0.25) is 0 Å². The lowest BCUT2D eigenvalue weighted by Crippen LogP contribution is -2.00. The standard InChI is InChI=1S/C9H10N4S/c1-2-7-5-9(14)13(12-7)8-6-10-3-4-11-8/h3-6,12H,2H2,1H3. The van der Waals surface area contributed by atoms with Crippen molar-refractivity contribution in [1.82, 2.24) is 19.7 Å². The van der Waals surface area contributed by atoms with Crippen LogP contribution in [-0.4, -0.2) is 19.7 Å². The minimum atomic E-state index is 0.720. The number of hydrogen-bond acceptors (Lipinski definition) is 3. The first-order valence-corrected chi connectivity index (χ1v) is 4.79. The average Bonchev–Trinajstić information content (AvgIpc) is 2.61. The number of nitrogens with one attached hydrogen (secondary N) is 1. The Labute approximate surface area is 86.6 Å². The normalized spacial score (nSPS) is 10.4. The summed E-state index contributed by atoms with van der Waals surface area (Å²) in [4.78, 5) is 8.15. The van der Waals surface area contributed by atoms with E-state index in [1.165, 1.54) is 0 Å². The Morgan fingerprint density at radius 3 is 2.93 bits per heavy atom. The first kappa shape index (κ1) is 9.08. The van der Waals surface area contributed by atoms with Gasteiger partial charge in [-0.2, -0.15) is 0 Å². The van der Waals surface area contributed by atoms with Crippen molar-refractivity contribution in [1.29, 1.82) is 0 Å². The minimum absolute atomic E-state index is 0.720. The van der Waals surface area contributed by atoms with Crippen LogP contribution >= 0.6 is 12.2 Å². The molecule has 0 aliphatic carbocycles. The summed E-state index contributed by atoms with van der Waals surface area (Å²) in [5.74, 6) is 0.720. The van der Waals surface area contributed by atoms with E-state index >= 15 is 0 Å². The summed E-state index contributed by atoms with van der Waals surface area (Å²) in [6, 6.07) is 1.93. The monoisotopic (exact) mass is 206 g/mol. The molecule has 0 radical (unpaired) electrons. The van der Waals surface area contributed by atoms with Gasteiger partial charge >= 0.3 is 0 Å². The molecule has 0 atom stereocenters. The number of nitrogens with zero attached hydrogens (tertiary/aromatic N) is 3. The molecule has 2 heterocycles. The highest BCUT2D eigenvalue weighted by atomic mass is 32.1. The van der Waals surface area contributed by atoms with Crippen LogP contribution in [-0.2, 0) is 6.42 Å². The van der Waals surface area contributed by atoms with Gasteiger partial charge in [-0.15, -0.1) is 0 Å². The number of hydrogen-bond donors (Lipinski definition) is 1. The molecule has 0 amide bonds. The van der Waals surface area contributed by atoms with Gasteiger partial charge in [0.25, 0.3) is 0 Å². The third kappa shape index (κ3) is 1.58. The molecular formula is C9H10N4S. The maximum absolute atomic E-state index is 5.19. The van der Waals surface area contributed by atoms with E-state index in [9.17, 15) is 0 Å². The Morgan fingerprint density at radius 1 is 1.50 bits per heavy atom. The molecule has 2 aromatic rings. The highest BCUT2D eigenvalue weighted by Gasteiger charge is 2.01. The van der Waals surface area contributed by atoms with Crippen molar-refractivity contribution in [3.05, 3.63) is 35.0 Å². The van der Waals surface area contributed by atoms with Crippen LogP contribution in [0.3, 0.4) is 0 Å². The van der Waals surface area contributed by atoms with Crippen LogP contribution in [0, 0.1) is 4.64 Å². The Bertz CT molecular complexity index is 471. The van der Waals surface area contributed by atoms with Crippen LogP contribution in [0.15, 0.2) is 24.7 Å². The minimum Gasteiger partial charge on any atom is -0.296 e. The maximum atomic E-state index is 5.19. The van der Waals surface area contributed by atoms with Gasteiger partial charge in [-0.3, -0.25) is 10.1 Å². The van der Waals surface area contributed by atoms with Gasteiger partial charge in [-0.1, -0.05) is 19.1 Å². The number of H-pyrrole nitrogens is 1. The Balaban J connectivity index is 2.52. The molecule has 2 rings (SSSR count). The Hall–Kier alpha value is -1.49. The van der Waals surface area contributed by atoms with Crippen molar-refractivity contribution in [3.63, 3.8) is 0 Å². The highest BCUT2D eigenvalue weighted by molar-refractivity contribution is 7.71. The number of aryl methyl sites for hydroxylation is 1. The van der Waals surface area contributed by atoms with E-state index in [4.69, 9.17) is 12.2 Å². The Morgan fingerprint density at radius 2 is 2.36 bits per heavy atom. The van der Waals surface area contributed by atoms with Crippen LogP contribution in [0.25, 0.3) is 5.82 Å². The zero-order valence-electron chi connectivity index (χ0n) is 7.77. The van der Waals surface area contributed by atoms with Gasteiger partial charge < -0.3 is 0 Å². The molecule has 0 aliphatic heterocycles. The predicted octanol–water partition coefficient (Wildman–Crippen LogP) is 1.89. The van der Waals surface area contributed by atoms with E-state index in [1.54, 1.807) is 23.3 Å². The largest absolute Gasteiger partial charge is 0.296 e. The quantitative estimate of drug-likeness (QED) is 0.763. The topological polar surface area (TPSA) is 46.5 Å². The molecule has 72 valence electrons. The molecule has 14 heavy (non-hydrogen) atoms. The van der Waals surface area contributed by atoms with E-state index < -0.39 is 0 Å². The molecule has 0 unspecified atom stereocenters. The summed E-state index contributed by atoms with van der Waals surface area (Å²) in [6.45, 7) is 2.07. The van der Waals surface area contributed by atoms with Crippen molar-refractivity contribution in [2.24, 2.45) is 0 Å². The smallest absolute Gasteiger partial charge is 0.171 e. The summed E-state index contributed by atoms with van der Waals surface area (Å²) in [5.41, 5.74) is 1.10. The lowest BCUT2D eigenvalue weighted by atomic mass is 10.4. The summed E-state index contributed by atoms with van der Waals surface area (Å²) in [7, 11) is 0. The molecule has 0 aliphatic rings. The van der Waals surface area contributed by atoms with E-state index in [0.29, 0.717) is 0 Å². The van der Waals surface area contributed by atoms with Gasteiger partial charge in [0, 0.05) is 18.1 Å². The van der Waals surface area contributed by atoms with Crippen molar-refractivity contribution < 1.29 is 0 Å². The van der Waals surface area contributed by atoms with Crippen molar-refractivity contribution in [3.8, 4) is 5.82 Å². The molecule has 0 saturated carbocycles. The summed E-state index contributed by atoms with van der Waals surface area (Å²) >= 11 is 5.19. The Kier molecular flexibility index (Phi) is 2.41. The van der Waals surface area contributed by atoms with Gasteiger partial charge in [0.1, 0.15) is 4.64 Å². The SMILES string of the molecule is CCc1cc(=S)n(-c2cnccn2)[nH]1. The van der Waals surface area contributed by atoms with Crippen LogP contribution in [0.1, 0.15) is 12.6 Å². The maximum Gasteiger partial charge on any atom is 0.171 e. The third-order valence-electron chi connectivity index (χ3n) is 1.93. The lowest BCUT2D eigenvalue weighted by molar-refractivity contribution is 0.801. The second-order valence-corrected chi connectivity index (χ2v) is 3.29. The first-order chi connectivity index (χ1) is 6.81. The van der Waals surface area contributed by atoms with E-state index in [0.717, 1.165) is 22.6 Å². The molecule has 0 spiro atoms. The fraction of sp³-hybridized carbons (Fsp3) is 0.222. The van der Waals surface area contributed by atoms with Gasteiger partial charge in [-0.25, -0.2) is 9.67 Å². The van der Waals surface area contributed by atoms with E-state index in [-0.39, 0.29) is 0 Å². The van der Waals surface area contributed by atoms with Gasteiger partial charge in [0.15, 0.2) is 5.82 Å². The van der Waals surface area contributed by atoms with Gasteiger partial charge in [0.05, 0.1) is 6.20 Å². The predicted molar refractivity (Wildman–Crippen MR) is 55.9 cm³/mol. The average molecular weight is 206 g/mol. The summed E-state index contributed by atoms with van der Waals surface area (Å²) in [5, 5.41) is 3.16. The molecule has 1 N–H and O–H groups in total. The molecule has 2 aromatic heterocycles. The summed E-state index contributed by atoms with van der Waals surface area (Å²) in [6.07, 6.45) is 5.88. The van der Waals surface area contributed by atoms with Crippen LogP contribution < -0.4 is 0 Å². The molecule has 0 aromatic carbocycles. The van der Waals surface area contributed by atoms with E-state index in [1.807, 2.05) is 6.07 Å². The fourth-order valence-electron chi connectivity index (χ4n) is 1.20. The zero-order valence-corrected chi connectivity index (χ0v) is 8.58. The first-order valence-electron chi connectivity index (χ1n) is 4.38. The zero-order chi connectivity index (χ0) is 9.97. The van der Waals surface area contributed by atoms with Gasteiger partial charge in [-0.05, 0) is 12.5 Å². The van der Waals surface area contributed by atoms with Crippen LogP contribution in [0.4, 0.5) is 0 Å². The molecule has 0 bridgehead atoms. The molecule has 0 fully saturated rings. The number of rotatable bonds is 2. The second-order valence-electron chi connectivity index (χ2n) is 2.87. The molecule has 4 nitrogen and oxygen atoms in total. The van der Waals surface area contributed by atoms with Crippen LogP contribution in [0.2, 0.25) is 0 Å². The summed E-state index contributed by atoms with van der Waals surface area (Å²) < 4.78 is 2.48. The second kappa shape index (κ2) is 3.71. The highest BCUT2D eigenvalue weighted by Crippen LogP contribution is 2.05.